The summed E-state index contributed by atoms with van der Waals surface area (Å²) in [5.74, 6) is 1.73. The van der Waals surface area contributed by atoms with Crippen LogP contribution in [0.2, 0.25) is 0 Å². The second-order valence-corrected chi connectivity index (χ2v) is 8.12. The van der Waals surface area contributed by atoms with Crippen molar-refractivity contribution < 1.29 is 14.2 Å². The lowest BCUT2D eigenvalue weighted by Gasteiger charge is -2.40. The van der Waals surface area contributed by atoms with Crippen LogP contribution in [-0.2, 0) is 14.2 Å². The summed E-state index contributed by atoms with van der Waals surface area (Å²) in [5.41, 5.74) is 0. The van der Waals surface area contributed by atoms with Crippen LogP contribution in [0.25, 0.3) is 0 Å². The van der Waals surface area contributed by atoms with Crippen LogP contribution < -0.4 is 5.32 Å². The molecule has 2 fully saturated rings. The molecule has 0 aromatic carbocycles. The van der Waals surface area contributed by atoms with E-state index >= 15 is 0 Å². The van der Waals surface area contributed by atoms with E-state index < -0.39 is 0 Å². The molecule has 1 unspecified atom stereocenters. The highest BCUT2D eigenvalue weighted by Gasteiger charge is 2.28. The lowest BCUT2D eigenvalue weighted by molar-refractivity contribution is 0.00186. The van der Waals surface area contributed by atoms with E-state index in [0.29, 0.717) is 18.1 Å². The molecular weight excluding hydrogens is 495 g/mol. The van der Waals surface area contributed by atoms with Crippen molar-refractivity contribution in [3.63, 3.8) is 0 Å². The monoisotopic (exact) mass is 540 g/mol. The number of morpholine rings is 1. The van der Waals surface area contributed by atoms with Crippen LogP contribution in [0.15, 0.2) is 4.99 Å². The van der Waals surface area contributed by atoms with E-state index in [-0.39, 0.29) is 24.0 Å². The minimum absolute atomic E-state index is 0. The Morgan fingerprint density at radius 3 is 2.33 bits per heavy atom. The highest BCUT2D eigenvalue weighted by molar-refractivity contribution is 14.0. The number of aliphatic imine (C=N–C) groups is 1. The highest BCUT2D eigenvalue weighted by atomic mass is 127. The maximum Gasteiger partial charge on any atom is 0.193 e. The minimum Gasteiger partial charge on any atom is -0.385 e. The fourth-order valence-corrected chi connectivity index (χ4v) is 4.55. The zero-order valence-corrected chi connectivity index (χ0v) is 21.9. The van der Waals surface area contributed by atoms with Crippen LogP contribution in [-0.4, -0.2) is 101 Å². The van der Waals surface area contributed by atoms with Gasteiger partial charge in [0, 0.05) is 66.1 Å². The third-order valence-corrected chi connectivity index (χ3v) is 6.38. The van der Waals surface area contributed by atoms with Crippen molar-refractivity contribution in [3.05, 3.63) is 0 Å². The quantitative estimate of drug-likeness (QED) is 0.188. The second kappa shape index (κ2) is 16.5. The average molecular weight is 541 g/mol. The van der Waals surface area contributed by atoms with Gasteiger partial charge in [-0.15, -0.1) is 24.0 Å². The second-order valence-electron chi connectivity index (χ2n) is 8.12. The molecule has 0 spiro atoms. The Morgan fingerprint density at radius 1 is 1.10 bits per heavy atom. The van der Waals surface area contributed by atoms with Gasteiger partial charge in [0.25, 0.3) is 0 Å². The normalized spacial score (nSPS) is 20.3. The number of ether oxygens (including phenoxy) is 3. The number of nitrogens with zero attached hydrogens (tertiary/aromatic N) is 3. The maximum absolute atomic E-state index is 6.00. The number of piperidine rings is 1. The first-order valence-electron chi connectivity index (χ1n) is 11.6. The molecule has 0 saturated carbocycles. The molecule has 7 nitrogen and oxygen atoms in total. The van der Waals surface area contributed by atoms with Crippen LogP contribution >= 0.6 is 24.0 Å². The third kappa shape index (κ3) is 9.14. The van der Waals surface area contributed by atoms with E-state index in [1.54, 1.807) is 7.11 Å². The van der Waals surface area contributed by atoms with Gasteiger partial charge in [-0.25, -0.2) is 0 Å². The molecule has 2 aliphatic rings. The Hall–Kier alpha value is -0.160. The fourth-order valence-electron chi connectivity index (χ4n) is 4.55. The number of likely N-dealkylation sites (tertiary alicyclic amines) is 1. The van der Waals surface area contributed by atoms with E-state index in [4.69, 9.17) is 14.2 Å². The lowest BCUT2D eigenvalue weighted by atomic mass is 9.92. The number of nitrogens with one attached hydrogen (secondary N) is 1. The van der Waals surface area contributed by atoms with Crippen LogP contribution in [0.3, 0.4) is 0 Å². The third-order valence-electron chi connectivity index (χ3n) is 6.38. The van der Waals surface area contributed by atoms with Crippen LogP contribution in [0, 0.1) is 5.92 Å². The van der Waals surface area contributed by atoms with Crippen molar-refractivity contribution in [1.82, 2.24) is 15.1 Å². The van der Waals surface area contributed by atoms with Crippen molar-refractivity contribution in [2.24, 2.45) is 10.9 Å². The van der Waals surface area contributed by atoms with E-state index in [1.165, 1.54) is 12.8 Å². The average Bonchev–Trinajstić information content (AvgIpc) is 2.78. The van der Waals surface area contributed by atoms with Crippen molar-refractivity contribution in [1.29, 1.82) is 0 Å². The van der Waals surface area contributed by atoms with Crippen molar-refractivity contribution in [2.45, 2.75) is 58.1 Å². The van der Waals surface area contributed by atoms with Gasteiger partial charge in [0.05, 0.1) is 19.3 Å². The summed E-state index contributed by atoms with van der Waals surface area (Å²) in [6.07, 6.45) is 5.89. The summed E-state index contributed by atoms with van der Waals surface area (Å²) in [6, 6.07) is 0.535. The molecule has 178 valence electrons. The minimum atomic E-state index is 0. The van der Waals surface area contributed by atoms with Crippen molar-refractivity contribution in [3.8, 4) is 0 Å². The Bertz CT molecular complexity index is 452. The van der Waals surface area contributed by atoms with Gasteiger partial charge >= 0.3 is 0 Å². The molecular formula is C22H45IN4O3. The molecule has 0 aliphatic carbocycles. The van der Waals surface area contributed by atoms with E-state index in [1.807, 2.05) is 7.05 Å². The number of rotatable bonds is 11. The van der Waals surface area contributed by atoms with Crippen LogP contribution in [0.5, 0.6) is 0 Å². The summed E-state index contributed by atoms with van der Waals surface area (Å²) in [6.45, 7) is 12.9. The van der Waals surface area contributed by atoms with Crippen molar-refractivity contribution in [2.75, 3.05) is 73.3 Å². The SMILES string of the molecule is CCC(CC)C(CNC(=NC)N1CCC(OCCCOC)CC1)N1CCOCC1.I. The molecule has 0 radical (unpaired) electrons. The zero-order valence-electron chi connectivity index (χ0n) is 19.6. The molecule has 0 aromatic heterocycles. The first kappa shape index (κ1) is 27.9. The fraction of sp³-hybridized carbons (Fsp3) is 0.955. The Labute approximate surface area is 201 Å². The predicted octanol–water partition coefficient (Wildman–Crippen LogP) is 2.83. The standard InChI is InChI=1S/C22H44N4O3.HI/c1-5-19(6-2)21(25-12-16-28-17-13-25)18-24-22(23-3)26-10-8-20(9-11-26)29-15-7-14-27-4;/h19-21H,5-18H2,1-4H3,(H,23,24);1H. The van der Waals surface area contributed by atoms with Gasteiger partial charge in [0.1, 0.15) is 0 Å². The summed E-state index contributed by atoms with van der Waals surface area (Å²) in [7, 11) is 3.64. The van der Waals surface area contributed by atoms with E-state index in [9.17, 15) is 0 Å². The smallest absolute Gasteiger partial charge is 0.193 e. The topological polar surface area (TPSA) is 58.6 Å². The van der Waals surface area contributed by atoms with Gasteiger partial charge in [0.15, 0.2) is 5.96 Å². The molecule has 2 heterocycles. The number of hydrogen-bond donors (Lipinski definition) is 1. The Kier molecular flexibility index (Phi) is 15.3. The van der Waals surface area contributed by atoms with Gasteiger partial charge in [-0.3, -0.25) is 9.89 Å². The number of halogens is 1. The summed E-state index contributed by atoms with van der Waals surface area (Å²) in [5, 5.41) is 3.70. The number of methoxy groups -OCH3 is 1. The maximum atomic E-state index is 6.00. The largest absolute Gasteiger partial charge is 0.385 e. The molecule has 0 bridgehead atoms. The lowest BCUT2D eigenvalue weighted by Crippen LogP contribution is -2.54. The van der Waals surface area contributed by atoms with Gasteiger partial charge in [-0.2, -0.15) is 0 Å². The highest BCUT2D eigenvalue weighted by Crippen LogP contribution is 2.20. The molecule has 1 N–H and O–H groups in total. The van der Waals surface area contributed by atoms with Crippen LogP contribution in [0.4, 0.5) is 0 Å². The molecule has 2 aliphatic heterocycles. The van der Waals surface area contributed by atoms with Gasteiger partial charge in [0.2, 0.25) is 0 Å². The number of guanidine groups is 1. The van der Waals surface area contributed by atoms with Gasteiger partial charge in [-0.05, 0) is 25.2 Å². The molecule has 2 rings (SSSR count). The van der Waals surface area contributed by atoms with Crippen molar-refractivity contribution >= 4 is 29.9 Å². The Morgan fingerprint density at radius 2 is 1.77 bits per heavy atom. The molecule has 8 heteroatoms. The predicted molar refractivity (Wildman–Crippen MR) is 134 cm³/mol. The molecule has 0 amide bonds. The van der Waals surface area contributed by atoms with Gasteiger partial charge in [-0.1, -0.05) is 26.7 Å². The first-order valence-corrected chi connectivity index (χ1v) is 11.6. The summed E-state index contributed by atoms with van der Waals surface area (Å²) in [4.78, 5) is 9.58. The van der Waals surface area contributed by atoms with Gasteiger partial charge < -0.3 is 24.4 Å². The van der Waals surface area contributed by atoms with E-state index in [0.717, 1.165) is 84.4 Å². The Balaban J connectivity index is 0.00000450. The number of hydrogen-bond acceptors (Lipinski definition) is 5. The van der Waals surface area contributed by atoms with Crippen LogP contribution in [0.1, 0.15) is 46.0 Å². The zero-order chi connectivity index (χ0) is 20.9. The summed E-state index contributed by atoms with van der Waals surface area (Å²) < 4.78 is 16.7. The molecule has 1 atom stereocenters. The molecule has 30 heavy (non-hydrogen) atoms. The first-order chi connectivity index (χ1) is 14.2. The molecule has 0 aromatic rings. The molecule has 2 saturated heterocycles. The van der Waals surface area contributed by atoms with E-state index in [2.05, 4.69) is 34.0 Å². The summed E-state index contributed by atoms with van der Waals surface area (Å²) >= 11 is 0.